The van der Waals surface area contributed by atoms with Gasteiger partial charge in [-0.05, 0) is 25.7 Å². The number of aliphatic hydroxyl groups is 1. The lowest BCUT2D eigenvalue weighted by Crippen LogP contribution is -2.45. The lowest BCUT2D eigenvalue weighted by atomic mass is 9.91. The summed E-state index contributed by atoms with van der Waals surface area (Å²) in [6.07, 6.45) is -0.976. The fourth-order valence-corrected chi connectivity index (χ4v) is 1.94. The van der Waals surface area contributed by atoms with Gasteiger partial charge in [0.25, 0.3) is 0 Å². The Labute approximate surface area is 110 Å². The van der Waals surface area contributed by atoms with Gasteiger partial charge in [0.05, 0.1) is 13.0 Å². The Morgan fingerprint density at radius 1 is 1.37 bits per heavy atom. The summed E-state index contributed by atoms with van der Waals surface area (Å²) in [6, 6.07) is 0.182. The molecule has 0 spiro atoms. The van der Waals surface area contributed by atoms with E-state index in [2.05, 4.69) is 4.74 Å². The smallest absolute Gasteiger partial charge is 0.396 e. The molecular weight excluding hydrogens is 263 g/mol. The fraction of sp³-hybridized carbons (Fsp3) is 0.917. The number of hydrogen-bond acceptors (Lipinski definition) is 3. The van der Waals surface area contributed by atoms with Crippen molar-refractivity contribution in [3.8, 4) is 0 Å². The number of rotatable bonds is 8. The molecule has 0 aromatic heterocycles. The highest BCUT2D eigenvalue weighted by atomic mass is 19.4. The van der Waals surface area contributed by atoms with Crippen molar-refractivity contribution < 1.29 is 27.8 Å². The van der Waals surface area contributed by atoms with Crippen LogP contribution >= 0.6 is 0 Å². The molecule has 1 aliphatic carbocycles. The van der Waals surface area contributed by atoms with Crippen molar-refractivity contribution in [2.45, 2.75) is 44.3 Å². The molecule has 1 rings (SSSR count). The van der Waals surface area contributed by atoms with Crippen LogP contribution in [0.25, 0.3) is 0 Å². The van der Waals surface area contributed by atoms with Crippen LogP contribution in [0.15, 0.2) is 0 Å². The molecular formula is C12H20F3NO3. The summed E-state index contributed by atoms with van der Waals surface area (Å²) in [6.45, 7) is -1.08. The number of carbonyl (C=O) groups excluding carboxylic acids is 1. The summed E-state index contributed by atoms with van der Waals surface area (Å²) in [4.78, 5) is 13.6. The molecule has 19 heavy (non-hydrogen) atoms. The van der Waals surface area contributed by atoms with Crippen molar-refractivity contribution in [1.82, 2.24) is 4.90 Å². The molecule has 7 heteroatoms. The maximum atomic E-state index is 11.9. The number of carbonyl (C=O) groups is 1. The molecule has 0 bridgehead atoms. The monoisotopic (exact) mass is 283 g/mol. The summed E-state index contributed by atoms with van der Waals surface area (Å²) in [5.41, 5.74) is 0. The van der Waals surface area contributed by atoms with Crippen molar-refractivity contribution >= 4 is 5.91 Å². The molecule has 1 saturated carbocycles. The van der Waals surface area contributed by atoms with Crippen LogP contribution in [0, 0.1) is 0 Å². The molecule has 0 aromatic rings. The molecule has 0 unspecified atom stereocenters. The maximum absolute atomic E-state index is 11.9. The zero-order valence-corrected chi connectivity index (χ0v) is 10.8. The molecule has 1 aliphatic rings. The van der Waals surface area contributed by atoms with Crippen LogP contribution in [0.3, 0.4) is 0 Å². The second kappa shape index (κ2) is 7.69. The largest absolute Gasteiger partial charge is 0.411 e. The standard InChI is InChI=1S/C12H20F3NO3/c13-12(14,15)9-19-8-5-11(18)16(6-2-7-17)10-3-1-4-10/h10,17H,1-9H2. The minimum Gasteiger partial charge on any atom is -0.396 e. The van der Waals surface area contributed by atoms with Crippen LogP contribution < -0.4 is 0 Å². The molecule has 1 fully saturated rings. The second-order valence-corrected chi connectivity index (χ2v) is 4.67. The van der Waals surface area contributed by atoms with E-state index in [9.17, 15) is 18.0 Å². The third-order valence-electron chi connectivity index (χ3n) is 3.12. The minimum absolute atomic E-state index is 0.00107. The van der Waals surface area contributed by atoms with Gasteiger partial charge in [0, 0.05) is 19.2 Å². The van der Waals surface area contributed by atoms with Crippen molar-refractivity contribution in [3.63, 3.8) is 0 Å². The molecule has 0 aliphatic heterocycles. The Kier molecular flexibility index (Phi) is 6.57. The number of amides is 1. The Hall–Kier alpha value is -0.820. The van der Waals surface area contributed by atoms with Gasteiger partial charge in [0.1, 0.15) is 6.61 Å². The van der Waals surface area contributed by atoms with E-state index in [0.29, 0.717) is 13.0 Å². The lowest BCUT2D eigenvalue weighted by Gasteiger charge is -2.37. The maximum Gasteiger partial charge on any atom is 0.411 e. The van der Waals surface area contributed by atoms with Crippen molar-refractivity contribution in [2.24, 2.45) is 0 Å². The van der Waals surface area contributed by atoms with Gasteiger partial charge < -0.3 is 14.7 Å². The average molecular weight is 283 g/mol. The van der Waals surface area contributed by atoms with Crippen molar-refractivity contribution in [3.05, 3.63) is 0 Å². The first kappa shape index (κ1) is 16.2. The average Bonchev–Trinajstić information content (AvgIpc) is 2.25. The molecule has 1 N–H and O–H groups in total. The Bertz CT molecular complexity index is 280. The summed E-state index contributed by atoms with van der Waals surface area (Å²) in [5, 5.41) is 8.79. The fourth-order valence-electron chi connectivity index (χ4n) is 1.94. The number of aliphatic hydroxyl groups excluding tert-OH is 1. The molecule has 0 aromatic carbocycles. The predicted octanol–water partition coefficient (Wildman–Crippen LogP) is 1.72. The number of halogens is 3. The lowest BCUT2D eigenvalue weighted by molar-refractivity contribution is -0.175. The van der Waals surface area contributed by atoms with Gasteiger partial charge in [0.2, 0.25) is 5.91 Å². The Morgan fingerprint density at radius 3 is 2.53 bits per heavy atom. The number of hydrogen-bond donors (Lipinski definition) is 1. The van der Waals surface area contributed by atoms with Gasteiger partial charge in [0.15, 0.2) is 0 Å². The van der Waals surface area contributed by atoms with Gasteiger partial charge in [-0.1, -0.05) is 0 Å². The van der Waals surface area contributed by atoms with Gasteiger partial charge >= 0.3 is 6.18 Å². The van der Waals surface area contributed by atoms with E-state index in [0.717, 1.165) is 19.3 Å². The summed E-state index contributed by atoms with van der Waals surface area (Å²) in [7, 11) is 0. The SMILES string of the molecule is O=C(CCOCC(F)(F)F)N(CCCO)C1CCC1. The zero-order chi connectivity index (χ0) is 14.3. The van der Waals surface area contributed by atoms with E-state index < -0.39 is 12.8 Å². The van der Waals surface area contributed by atoms with Crippen LogP contribution in [0.4, 0.5) is 13.2 Å². The second-order valence-electron chi connectivity index (χ2n) is 4.67. The van der Waals surface area contributed by atoms with Gasteiger partial charge in [-0.15, -0.1) is 0 Å². The highest BCUT2D eigenvalue weighted by Crippen LogP contribution is 2.25. The van der Waals surface area contributed by atoms with E-state index in [1.165, 1.54) is 0 Å². The van der Waals surface area contributed by atoms with E-state index in [1.54, 1.807) is 4.90 Å². The van der Waals surface area contributed by atoms with Gasteiger partial charge in [-0.2, -0.15) is 13.2 Å². The van der Waals surface area contributed by atoms with Crippen LogP contribution in [0.5, 0.6) is 0 Å². The molecule has 0 heterocycles. The molecule has 1 amide bonds. The van der Waals surface area contributed by atoms with Crippen molar-refractivity contribution in [1.29, 1.82) is 0 Å². The molecule has 0 radical (unpaired) electrons. The van der Waals surface area contributed by atoms with Crippen LogP contribution in [-0.4, -0.2) is 54.5 Å². The normalized spacial score (nSPS) is 16.2. The van der Waals surface area contributed by atoms with Crippen LogP contribution in [0.1, 0.15) is 32.1 Å². The highest BCUT2D eigenvalue weighted by molar-refractivity contribution is 5.76. The first-order chi connectivity index (χ1) is 8.94. The van der Waals surface area contributed by atoms with E-state index in [4.69, 9.17) is 5.11 Å². The van der Waals surface area contributed by atoms with Crippen LogP contribution in [-0.2, 0) is 9.53 Å². The summed E-state index contributed by atoms with van der Waals surface area (Å²) >= 11 is 0. The highest BCUT2D eigenvalue weighted by Gasteiger charge is 2.29. The minimum atomic E-state index is -4.35. The van der Waals surface area contributed by atoms with Gasteiger partial charge in [-0.3, -0.25) is 4.79 Å². The topological polar surface area (TPSA) is 49.8 Å². The van der Waals surface area contributed by atoms with Crippen LogP contribution in [0.2, 0.25) is 0 Å². The number of nitrogens with zero attached hydrogens (tertiary/aromatic N) is 1. The van der Waals surface area contributed by atoms with Crippen molar-refractivity contribution in [2.75, 3.05) is 26.4 Å². The first-order valence-corrected chi connectivity index (χ1v) is 6.49. The molecule has 4 nitrogen and oxygen atoms in total. The first-order valence-electron chi connectivity index (χ1n) is 6.49. The quantitative estimate of drug-likeness (QED) is 0.690. The molecule has 0 saturated heterocycles. The van der Waals surface area contributed by atoms with Gasteiger partial charge in [-0.25, -0.2) is 0 Å². The Morgan fingerprint density at radius 2 is 2.05 bits per heavy atom. The van der Waals surface area contributed by atoms with E-state index >= 15 is 0 Å². The third kappa shape index (κ3) is 6.24. The zero-order valence-electron chi connectivity index (χ0n) is 10.8. The predicted molar refractivity (Wildman–Crippen MR) is 62.5 cm³/mol. The Balaban J connectivity index is 2.27. The number of ether oxygens (including phenoxy) is 1. The molecule has 0 atom stereocenters. The summed E-state index contributed by atoms with van der Waals surface area (Å²) in [5.74, 6) is -0.194. The third-order valence-corrected chi connectivity index (χ3v) is 3.12. The van der Waals surface area contributed by atoms with E-state index in [-0.39, 0.29) is 31.6 Å². The summed E-state index contributed by atoms with van der Waals surface area (Å²) < 4.78 is 40.0. The molecule has 112 valence electrons. The number of alkyl halides is 3. The van der Waals surface area contributed by atoms with E-state index in [1.807, 2.05) is 0 Å².